The Labute approximate surface area is 128 Å². The number of amides is 1. The molecule has 1 aromatic carbocycles. The summed E-state index contributed by atoms with van der Waals surface area (Å²) in [5, 5.41) is 9.27. The standard InChI is InChI=1S/C12H12F2N4OS2/c1-7(20-12-15-6-16-18-12)10(19)17-8-2-4-9(5-3-8)21-11(13)14/h2-7,11H,1H3,(H,17,19)(H,15,16,18)/t7-/m0/s1. The molecule has 1 heterocycles. The zero-order valence-electron chi connectivity index (χ0n) is 10.9. The topological polar surface area (TPSA) is 70.7 Å². The van der Waals surface area contributed by atoms with Crippen LogP contribution in [0.25, 0.3) is 0 Å². The lowest BCUT2D eigenvalue weighted by Gasteiger charge is -2.10. The first-order chi connectivity index (χ1) is 10.0. The second-order valence-corrected chi connectivity index (χ2v) is 6.34. The van der Waals surface area contributed by atoms with Gasteiger partial charge in [0.1, 0.15) is 6.33 Å². The second kappa shape index (κ2) is 7.41. The molecule has 2 N–H and O–H groups in total. The first kappa shape index (κ1) is 15.8. The average Bonchev–Trinajstić information content (AvgIpc) is 2.93. The SMILES string of the molecule is C[C@H](Sc1ncn[nH]1)C(=O)Nc1ccc(SC(F)F)cc1. The van der Waals surface area contributed by atoms with E-state index in [1.165, 1.54) is 18.1 Å². The summed E-state index contributed by atoms with van der Waals surface area (Å²) >= 11 is 1.71. The molecule has 1 atom stereocenters. The van der Waals surface area contributed by atoms with Gasteiger partial charge in [0.25, 0.3) is 5.76 Å². The molecule has 0 aliphatic carbocycles. The summed E-state index contributed by atoms with van der Waals surface area (Å²) in [6, 6.07) is 6.27. The molecular formula is C12H12F2N4OS2. The number of thioether (sulfide) groups is 2. The Bertz CT molecular complexity index is 577. The number of benzene rings is 1. The molecule has 21 heavy (non-hydrogen) atoms. The van der Waals surface area contributed by atoms with Crippen LogP contribution in [-0.4, -0.2) is 32.1 Å². The van der Waals surface area contributed by atoms with Gasteiger partial charge in [0.2, 0.25) is 5.91 Å². The monoisotopic (exact) mass is 330 g/mol. The molecule has 0 aliphatic heterocycles. The Kier molecular flexibility index (Phi) is 5.57. The molecule has 0 unspecified atom stereocenters. The number of H-pyrrole nitrogens is 1. The minimum atomic E-state index is -2.45. The first-order valence-corrected chi connectivity index (χ1v) is 7.68. The Morgan fingerprint density at radius 2 is 2.00 bits per heavy atom. The van der Waals surface area contributed by atoms with Crippen LogP contribution in [0.1, 0.15) is 6.92 Å². The molecule has 0 saturated heterocycles. The van der Waals surface area contributed by atoms with Gasteiger partial charge in [0, 0.05) is 10.6 Å². The van der Waals surface area contributed by atoms with Crippen LogP contribution in [-0.2, 0) is 4.79 Å². The molecule has 1 aromatic heterocycles. The van der Waals surface area contributed by atoms with E-state index in [2.05, 4.69) is 20.5 Å². The summed E-state index contributed by atoms with van der Waals surface area (Å²) in [7, 11) is 0. The maximum Gasteiger partial charge on any atom is 0.288 e. The van der Waals surface area contributed by atoms with Gasteiger partial charge in [0.15, 0.2) is 5.16 Å². The summed E-state index contributed by atoms with van der Waals surface area (Å²) < 4.78 is 24.4. The number of carbonyl (C=O) groups is 1. The third-order valence-corrected chi connectivity index (χ3v) is 4.11. The molecule has 1 amide bonds. The van der Waals surface area contributed by atoms with E-state index in [9.17, 15) is 13.6 Å². The molecule has 0 saturated carbocycles. The van der Waals surface area contributed by atoms with E-state index in [0.29, 0.717) is 27.5 Å². The van der Waals surface area contributed by atoms with E-state index in [0.717, 1.165) is 0 Å². The molecular weight excluding hydrogens is 318 g/mol. The van der Waals surface area contributed by atoms with Crippen molar-refractivity contribution < 1.29 is 13.6 Å². The highest BCUT2D eigenvalue weighted by molar-refractivity contribution is 8.00. The summed E-state index contributed by atoms with van der Waals surface area (Å²) in [4.78, 5) is 16.4. The smallest absolute Gasteiger partial charge is 0.288 e. The average molecular weight is 330 g/mol. The van der Waals surface area contributed by atoms with Gasteiger partial charge >= 0.3 is 0 Å². The Morgan fingerprint density at radius 1 is 1.29 bits per heavy atom. The first-order valence-electron chi connectivity index (χ1n) is 5.92. The van der Waals surface area contributed by atoms with E-state index in [1.54, 1.807) is 31.2 Å². The lowest BCUT2D eigenvalue weighted by Crippen LogP contribution is -2.22. The lowest BCUT2D eigenvalue weighted by molar-refractivity contribution is -0.115. The van der Waals surface area contributed by atoms with Crippen LogP contribution < -0.4 is 5.32 Å². The number of nitrogens with zero attached hydrogens (tertiary/aromatic N) is 2. The number of nitrogens with one attached hydrogen (secondary N) is 2. The Hall–Kier alpha value is -1.61. The van der Waals surface area contributed by atoms with Gasteiger partial charge < -0.3 is 5.32 Å². The molecule has 0 radical (unpaired) electrons. The number of anilines is 1. The number of hydrogen-bond donors (Lipinski definition) is 2. The van der Waals surface area contributed by atoms with Crippen molar-refractivity contribution in [3.05, 3.63) is 30.6 Å². The molecule has 0 spiro atoms. The van der Waals surface area contributed by atoms with Crippen LogP contribution in [0, 0.1) is 0 Å². The van der Waals surface area contributed by atoms with Crippen molar-refractivity contribution in [3.8, 4) is 0 Å². The van der Waals surface area contributed by atoms with E-state index < -0.39 is 5.76 Å². The predicted octanol–water partition coefficient (Wildman–Crippen LogP) is 3.24. The number of rotatable bonds is 6. The Balaban J connectivity index is 1.89. The minimum Gasteiger partial charge on any atom is -0.325 e. The summed E-state index contributed by atoms with van der Waals surface area (Å²) in [6.45, 7) is 1.74. The van der Waals surface area contributed by atoms with E-state index in [1.807, 2.05) is 0 Å². The van der Waals surface area contributed by atoms with Gasteiger partial charge in [-0.2, -0.15) is 13.9 Å². The van der Waals surface area contributed by atoms with Gasteiger partial charge in [-0.25, -0.2) is 4.98 Å². The largest absolute Gasteiger partial charge is 0.325 e. The fourth-order valence-electron chi connectivity index (χ4n) is 1.44. The number of aromatic amines is 1. The van der Waals surface area contributed by atoms with Gasteiger partial charge in [-0.15, -0.1) is 0 Å². The zero-order valence-corrected chi connectivity index (χ0v) is 12.5. The normalized spacial score (nSPS) is 12.4. The fourth-order valence-corrected chi connectivity index (χ4v) is 2.65. The quantitative estimate of drug-likeness (QED) is 0.796. The molecule has 112 valence electrons. The third-order valence-electron chi connectivity index (χ3n) is 2.40. The van der Waals surface area contributed by atoms with Crippen LogP contribution in [0.5, 0.6) is 0 Å². The highest BCUT2D eigenvalue weighted by Gasteiger charge is 2.16. The third kappa shape index (κ3) is 5.01. The summed E-state index contributed by atoms with van der Waals surface area (Å²) in [6.07, 6.45) is 1.37. The van der Waals surface area contributed by atoms with Crippen molar-refractivity contribution in [1.82, 2.24) is 15.2 Å². The highest BCUT2D eigenvalue weighted by Crippen LogP contribution is 2.26. The minimum absolute atomic E-state index is 0.203. The number of hydrogen-bond acceptors (Lipinski definition) is 5. The molecule has 0 aliphatic rings. The molecule has 0 fully saturated rings. The van der Waals surface area contributed by atoms with Crippen molar-refractivity contribution in [3.63, 3.8) is 0 Å². The van der Waals surface area contributed by atoms with Gasteiger partial charge in [0.05, 0.1) is 5.25 Å². The van der Waals surface area contributed by atoms with Crippen LogP contribution in [0.2, 0.25) is 0 Å². The summed E-state index contributed by atoms with van der Waals surface area (Å²) in [5.41, 5.74) is 0.559. The maximum absolute atomic E-state index is 12.2. The lowest BCUT2D eigenvalue weighted by atomic mass is 10.3. The Morgan fingerprint density at radius 3 is 2.57 bits per heavy atom. The molecule has 0 bridgehead atoms. The maximum atomic E-state index is 12.2. The molecule has 9 heteroatoms. The van der Waals surface area contributed by atoms with E-state index in [-0.39, 0.29) is 11.2 Å². The number of aromatic nitrogens is 3. The molecule has 2 aromatic rings. The number of alkyl halides is 2. The summed E-state index contributed by atoms with van der Waals surface area (Å²) in [5.74, 6) is -2.66. The van der Waals surface area contributed by atoms with Crippen LogP contribution in [0.3, 0.4) is 0 Å². The van der Waals surface area contributed by atoms with E-state index in [4.69, 9.17) is 0 Å². The van der Waals surface area contributed by atoms with Gasteiger partial charge in [-0.3, -0.25) is 9.89 Å². The molecule has 2 rings (SSSR count). The molecule has 5 nitrogen and oxygen atoms in total. The van der Waals surface area contributed by atoms with Crippen molar-refractivity contribution in [2.24, 2.45) is 0 Å². The van der Waals surface area contributed by atoms with Gasteiger partial charge in [-0.05, 0) is 31.2 Å². The number of carbonyl (C=O) groups excluding carboxylic acids is 1. The zero-order chi connectivity index (χ0) is 15.2. The van der Waals surface area contributed by atoms with Crippen LogP contribution in [0.4, 0.5) is 14.5 Å². The number of halogens is 2. The predicted molar refractivity (Wildman–Crippen MR) is 78.6 cm³/mol. The van der Waals surface area contributed by atoms with Crippen molar-refractivity contribution in [1.29, 1.82) is 0 Å². The van der Waals surface area contributed by atoms with Crippen molar-refractivity contribution >= 4 is 35.1 Å². The van der Waals surface area contributed by atoms with Crippen molar-refractivity contribution in [2.45, 2.75) is 28.0 Å². The highest BCUT2D eigenvalue weighted by atomic mass is 32.2. The van der Waals surface area contributed by atoms with Crippen LogP contribution in [0.15, 0.2) is 40.6 Å². The van der Waals surface area contributed by atoms with Gasteiger partial charge in [-0.1, -0.05) is 23.5 Å². The van der Waals surface area contributed by atoms with E-state index >= 15 is 0 Å². The van der Waals surface area contributed by atoms with Crippen molar-refractivity contribution in [2.75, 3.05) is 5.32 Å². The van der Waals surface area contributed by atoms with Crippen LogP contribution >= 0.6 is 23.5 Å². The second-order valence-electron chi connectivity index (χ2n) is 3.94. The fraction of sp³-hybridized carbons (Fsp3) is 0.250.